The zero-order valence-electron chi connectivity index (χ0n) is 14.8. The monoisotopic (exact) mass is 327 g/mol. The van der Waals surface area contributed by atoms with E-state index in [9.17, 15) is 4.79 Å². The molecule has 0 aromatic heterocycles. The van der Waals surface area contributed by atoms with E-state index in [-0.39, 0.29) is 6.09 Å². The number of aryl methyl sites for hydroxylation is 1. The van der Waals surface area contributed by atoms with E-state index in [1.165, 1.54) is 0 Å². The van der Waals surface area contributed by atoms with Crippen molar-refractivity contribution in [1.29, 1.82) is 0 Å². The topological polar surface area (TPSA) is 47.6 Å². The molecule has 4 heteroatoms. The Morgan fingerprint density at radius 2 is 1.75 bits per heavy atom. The van der Waals surface area contributed by atoms with E-state index in [0.29, 0.717) is 6.54 Å². The summed E-state index contributed by atoms with van der Waals surface area (Å²) in [6.07, 6.45) is 0.353. The maximum atomic E-state index is 11.6. The molecular formula is C20H25NO3. The number of hydrogen-bond donors (Lipinski definition) is 1. The zero-order valence-corrected chi connectivity index (χ0v) is 14.8. The fourth-order valence-electron chi connectivity index (χ4n) is 2.16. The molecule has 0 aliphatic rings. The van der Waals surface area contributed by atoms with Crippen molar-refractivity contribution in [2.45, 2.75) is 39.7 Å². The minimum atomic E-state index is -0.473. The minimum Gasteiger partial charge on any atom is -0.457 e. The first-order chi connectivity index (χ1) is 11.3. The maximum Gasteiger partial charge on any atom is 0.407 e. The Bertz CT molecular complexity index is 672. The SMILES string of the molecule is Cc1cccc(Oc2ccc(CCNC(=O)OC(C)(C)C)cc2)c1. The van der Waals surface area contributed by atoms with E-state index in [2.05, 4.69) is 5.32 Å². The van der Waals surface area contributed by atoms with E-state index in [4.69, 9.17) is 9.47 Å². The predicted molar refractivity (Wildman–Crippen MR) is 95.6 cm³/mol. The van der Waals surface area contributed by atoms with E-state index >= 15 is 0 Å². The largest absolute Gasteiger partial charge is 0.457 e. The third kappa shape index (κ3) is 6.32. The van der Waals surface area contributed by atoms with E-state index in [1.54, 1.807) is 0 Å². The number of benzene rings is 2. The van der Waals surface area contributed by atoms with Crippen LogP contribution in [0.15, 0.2) is 48.5 Å². The number of ether oxygens (including phenoxy) is 2. The molecule has 0 saturated heterocycles. The van der Waals surface area contributed by atoms with Crippen molar-refractivity contribution < 1.29 is 14.3 Å². The van der Waals surface area contributed by atoms with Crippen LogP contribution in [0.3, 0.4) is 0 Å². The van der Waals surface area contributed by atoms with Crippen molar-refractivity contribution >= 4 is 6.09 Å². The lowest BCUT2D eigenvalue weighted by Gasteiger charge is -2.19. The summed E-state index contributed by atoms with van der Waals surface area (Å²) in [7, 11) is 0. The van der Waals surface area contributed by atoms with Gasteiger partial charge in [-0.05, 0) is 69.5 Å². The first-order valence-corrected chi connectivity index (χ1v) is 8.12. The molecule has 1 amide bonds. The molecule has 0 fully saturated rings. The summed E-state index contributed by atoms with van der Waals surface area (Å²) in [4.78, 5) is 11.6. The van der Waals surface area contributed by atoms with Crippen LogP contribution in [0.4, 0.5) is 4.79 Å². The van der Waals surface area contributed by atoms with Gasteiger partial charge in [0.05, 0.1) is 0 Å². The van der Waals surface area contributed by atoms with Gasteiger partial charge in [0.25, 0.3) is 0 Å². The molecule has 1 N–H and O–H groups in total. The van der Waals surface area contributed by atoms with Gasteiger partial charge in [-0.3, -0.25) is 0 Å². The lowest BCUT2D eigenvalue weighted by atomic mass is 10.1. The molecule has 2 rings (SSSR count). The molecule has 0 aliphatic heterocycles. The summed E-state index contributed by atoms with van der Waals surface area (Å²) >= 11 is 0. The first kappa shape index (κ1) is 17.9. The Morgan fingerprint density at radius 3 is 2.38 bits per heavy atom. The van der Waals surface area contributed by atoms with Gasteiger partial charge < -0.3 is 14.8 Å². The Balaban J connectivity index is 1.81. The molecule has 128 valence electrons. The highest BCUT2D eigenvalue weighted by Gasteiger charge is 2.15. The molecule has 24 heavy (non-hydrogen) atoms. The van der Waals surface area contributed by atoms with Crippen LogP contribution in [0.2, 0.25) is 0 Å². The number of hydrogen-bond acceptors (Lipinski definition) is 3. The number of carbonyl (C=O) groups excluding carboxylic acids is 1. The molecule has 0 atom stereocenters. The van der Waals surface area contributed by atoms with Crippen LogP contribution in [-0.2, 0) is 11.2 Å². The normalized spacial score (nSPS) is 11.0. The molecule has 0 spiro atoms. The summed E-state index contributed by atoms with van der Waals surface area (Å²) in [5.74, 6) is 1.62. The molecule has 0 bridgehead atoms. The van der Waals surface area contributed by atoms with Gasteiger partial charge in [-0.1, -0.05) is 24.3 Å². The Hall–Kier alpha value is -2.49. The maximum absolute atomic E-state index is 11.6. The van der Waals surface area contributed by atoms with Crippen LogP contribution in [0.25, 0.3) is 0 Å². The summed E-state index contributed by atoms with van der Waals surface area (Å²) in [5, 5.41) is 2.76. The Labute approximate surface area is 143 Å². The second-order valence-corrected chi connectivity index (χ2v) is 6.74. The van der Waals surface area contributed by atoms with Crippen molar-refractivity contribution in [2.75, 3.05) is 6.54 Å². The molecule has 0 radical (unpaired) electrons. The number of amides is 1. The molecule has 0 unspecified atom stereocenters. The second-order valence-electron chi connectivity index (χ2n) is 6.74. The van der Waals surface area contributed by atoms with Crippen LogP contribution >= 0.6 is 0 Å². The first-order valence-electron chi connectivity index (χ1n) is 8.12. The van der Waals surface area contributed by atoms with Gasteiger partial charge in [-0.2, -0.15) is 0 Å². The zero-order chi connectivity index (χ0) is 17.6. The summed E-state index contributed by atoms with van der Waals surface area (Å²) in [5.41, 5.74) is 1.82. The van der Waals surface area contributed by atoms with Crippen molar-refractivity contribution in [1.82, 2.24) is 5.32 Å². The Morgan fingerprint density at radius 1 is 1.04 bits per heavy atom. The van der Waals surface area contributed by atoms with Crippen LogP contribution in [-0.4, -0.2) is 18.2 Å². The van der Waals surface area contributed by atoms with Gasteiger partial charge >= 0.3 is 6.09 Å². The highest BCUT2D eigenvalue weighted by molar-refractivity contribution is 5.67. The highest BCUT2D eigenvalue weighted by Crippen LogP contribution is 2.22. The van der Waals surface area contributed by atoms with Gasteiger partial charge in [0.15, 0.2) is 0 Å². The van der Waals surface area contributed by atoms with Gasteiger partial charge in [0, 0.05) is 6.54 Å². The third-order valence-corrected chi connectivity index (χ3v) is 3.23. The predicted octanol–water partition coefficient (Wildman–Crippen LogP) is 4.85. The second kappa shape index (κ2) is 7.86. The van der Waals surface area contributed by atoms with Crippen LogP contribution in [0, 0.1) is 6.92 Å². The molecule has 0 saturated carbocycles. The van der Waals surface area contributed by atoms with Crippen LogP contribution in [0.5, 0.6) is 11.5 Å². The van der Waals surface area contributed by atoms with E-state index in [1.807, 2.05) is 76.2 Å². The summed E-state index contributed by atoms with van der Waals surface area (Å²) < 4.78 is 11.0. The number of carbonyl (C=O) groups is 1. The smallest absolute Gasteiger partial charge is 0.407 e. The lowest BCUT2D eigenvalue weighted by molar-refractivity contribution is 0.0528. The number of nitrogens with one attached hydrogen (secondary N) is 1. The average molecular weight is 327 g/mol. The standard InChI is InChI=1S/C20H25NO3/c1-15-6-5-7-18(14-15)23-17-10-8-16(9-11-17)12-13-21-19(22)24-20(2,3)4/h5-11,14H,12-13H2,1-4H3,(H,21,22). The van der Waals surface area contributed by atoms with Crippen molar-refractivity contribution in [3.63, 3.8) is 0 Å². The van der Waals surface area contributed by atoms with Gasteiger partial charge in [0.2, 0.25) is 0 Å². The van der Waals surface area contributed by atoms with Crippen LogP contribution < -0.4 is 10.1 Å². The minimum absolute atomic E-state index is 0.387. The number of alkyl carbamates (subject to hydrolysis) is 1. The fourth-order valence-corrected chi connectivity index (χ4v) is 2.16. The third-order valence-electron chi connectivity index (χ3n) is 3.23. The lowest BCUT2D eigenvalue weighted by Crippen LogP contribution is -2.33. The molecule has 2 aromatic carbocycles. The van der Waals surface area contributed by atoms with Gasteiger partial charge in [-0.25, -0.2) is 4.79 Å². The van der Waals surface area contributed by atoms with E-state index < -0.39 is 5.60 Å². The average Bonchev–Trinajstić information content (AvgIpc) is 2.47. The van der Waals surface area contributed by atoms with E-state index in [0.717, 1.165) is 29.0 Å². The Kier molecular flexibility index (Phi) is 5.85. The highest BCUT2D eigenvalue weighted by atomic mass is 16.6. The van der Waals surface area contributed by atoms with Crippen molar-refractivity contribution in [3.8, 4) is 11.5 Å². The van der Waals surface area contributed by atoms with Gasteiger partial charge in [0.1, 0.15) is 17.1 Å². The van der Waals surface area contributed by atoms with Crippen LogP contribution in [0.1, 0.15) is 31.9 Å². The number of rotatable bonds is 5. The summed E-state index contributed by atoms with van der Waals surface area (Å²) in [6.45, 7) is 8.11. The fraction of sp³-hybridized carbons (Fsp3) is 0.350. The quantitative estimate of drug-likeness (QED) is 0.853. The summed E-state index contributed by atoms with van der Waals surface area (Å²) in [6, 6.07) is 15.8. The molecular weight excluding hydrogens is 302 g/mol. The van der Waals surface area contributed by atoms with Crippen molar-refractivity contribution in [2.24, 2.45) is 0 Å². The molecule has 2 aromatic rings. The molecule has 4 nitrogen and oxygen atoms in total. The van der Waals surface area contributed by atoms with Crippen molar-refractivity contribution in [3.05, 3.63) is 59.7 Å². The molecule has 0 heterocycles. The van der Waals surface area contributed by atoms with Gasteiger partial charge in [-0.15, -0.1) is 0 Å². The molecule has 0 aliphatic carbocycles.